The summed E-state index contributed by atoms with van der Waals surface area (Å²) < 4.78 is 53.6. The van der Waals surface area contributed by atoms with Gasteiger partial charge in [0.2, 0.25) is 16.0 Å². The highest BCUT2D eigenvalue weighted by atomic mass is 35.5. The average molecular weight is 539 g/mol. The van der Waals surface area contributed by atoms with Crippen molar-refractivity contribution in [1.29, 1.82) is 0 Å². The van der Waals surface area contributed by atoms with E-state index in [1.54, 1.807) is 22.8 Å². The van der Waals surface area contributed by atoms with Gasteiger partial charge in [-0.25, -0.2) is 18.4 Å². The molecule has 3 aromatic rings. The van der Waals surface area contributed by atoms with E-state index in [9.17, 15) is 8.42 Å². The molecule has 36 heavy (non-hydrogen) atoms. The van der Waals surface area contributed by atoms with Gasteiger partial charge in [-0.1, -0.05) is 17.7 Å². The van der Waals surface area contributed by atoms with Gasteiger partial charge in [0.25, 0.3) is 0 Å². The SMILES string of the molecule is COc1cccc(OC)c1-n1c(NS(=O)(=O)C(C)C(OC)c2ncc(Cl)cn2)nnc1[C@H]1CCCO1. The molecule has 0 spiro atoms. The van der Waals surface area contributed by atoms with E-state index >= 15 is 0 Å². The van der Waals surface area contributed by atoms with E-state index in [2.05, 4.69) is 24.9 Å². The molecule has 1 aliphatic heterocycles. The fraction of sp³-hybridized carbons (Fsp3) is 0.455. The van der Waals surface area contributed by atoms with Crippen LogP contribution in [0.4, 0.5) is 5.95 Å². The summed E-state index contributed by atoms with van der Waals surface area (Å²) in [6, 6.07) is 5.23. The Labute approximate surface area is 214 Å². The van der Waals surface area contributed by atoms with Gasteiger partial charge < -0.3 is 18.9 Å². The van der Waals surface area contributed by atoms with Crippen LogP contribution in [0.3, 0.4) is 0 Å². The second-order valence-electron chi connectivity index (χ2n) is 8.00. The molecule has 12 nitrogen and oxygen atoms in total. The zero-order valence-corrected chi connectivity index (χ0v) is 21.8. The van der Waals surface area contributed by atoms with Crippen molar-refractivity contribution in [3.63, 3.8) is 0 Å². The Hall–Kier alpha value is -3.00. The lowest BCUT2D eigenvalue weighted by atomic mass is 10.2. The number of sulfonamides is 1. The lowest BCUT2D eigenvalue weighted by molar-refractivity contribution is 0.0950. The molecule has 0 saturated carbocycles. The Morgan fingerprint density at radius 3 is 2.36 bits per heavy atom. The van der Waals surface area contributed by atoms with Crippen molar-refractivity contribution >= 4 is 27.6 Å². The summed E-state index contributed by atoms with van der Waals surface area (Å²) in [7, 11) is 0.304. The van der Waals surface area contributed by atoms with E-state index in [0.717, 1.165) is 6.42 Å². The predicted octanol–water partition coefficient (Wildman–Crippen LogP) is 3.10. The maximum absolute atomic E-state index is 13.5. The largest absolute Gasteiger partial charge is 0.494 e. The summed E-state index contributed by atoms with van der Waals surface area (Å²) >= 11 is 5.87. The van der Waals surface area contributed by atoms with Crippen LogP contribution >= 0.6 is 11.6 Å². The standard InChI is InChI=1S/C22H27ClN6O6S/c1-13(19(34-4)20-24-11-14(23)12-25-20)36(30,31)28-22-27-26-21(17-9-6-10-35-17)29(22)18-15(32-2)7-5-8-16(18)33-3/h5,7-8,11-13,17,19H,6,9-10H2,1-4H3,(H,27,28)/t13?,17-,19?/m1/s1. The first-order chi connectivity index (χ1) is 17.3. The maximum atomic E-state index is 13.5. The third-order valence-electron chi connectivity index (χ3n) is 5.83. The van der Waals surface area contributed by atoms with Crippen LogP contribution in [0.5, 0.6) is 11.5 Å². The molecular weight excluding hydrogens is 512 g/mol. The van der Waals surface area contributed by atoms with Gasteiger partial charge in [-0.2, -0.15) is 0 Å². The number of aromatic nitrogens is 5. The molecule has 1 aliphatic rings. The molecule has 1 aromatic carbocycles. The topological polar surface area (TPSA) is 140 Å². The molecule has 194 valence electrons. The van der Waals surface area contributed by atoms with E-state index in [1.165, 1.54) is 40.6 Å². The fourth-order valence-corrected chi connectivity index (χ4v) is 5.21. The zero-order chi connectivity index (χ0) is 25.9. The summed E-state index contributed by atoms with van der Waals surface area (Å²) in [5.74, 6) is 1.41. The molecule has 1 saturated heterocycles. The summed E-state index contributed by atoms with van der Waals surface area (Å²) in [6.07, 6.45) is 2.95. The van der Waals surface area contributed by atoms with Crippen molar-refractivity contribution in [3.8, 4) is 17.2 Å². The lowest BCUT2D eigenvalue weighted by Gasteiger charge is -2.23. The smallest absolute Gasteiger partial charge is 0.243 e. The monoisotopic (exact) mass is 538 g/mol. The summed E-state index contributed by atoms with van der Waals surface area (Å²) in [6.45, 7) is 2.05. The van der Waals surface area contributed by atoms with Crippen LogP contribution in [-0.2, 0) is 19.5 Å². The first kappa shape index (κ1) is 26.1. The van der Waals surface area contributed by atoms with E-state index in [0.29, 0.717) is 41.1 Å². The minimum absolute atomic E-state index is 0.0537. The van der Waals surface area contributed by atoms with Crippen LogP contribution in [0.25, 0.3) is 5.69 Å². The average Bonchev–Trinajstić information content (AvgIpc) is 3.54. The van der Waals surface area contributed by atoms with E-state index in [-0.39, 0.29) is 17.9 Å². The first-order valence-electron chi connectivity index (χ1n) is 11.1. The van der Waals surface area contributed by atoms with Gasteiger partial charge in [0.05, 0.1) is 19.2 Å². The van der Waals surface area contributed by atoms with Crippen LogP contribution < -0.4 is 14.2 Å². The quantitative estimate of drug-likeness (QED) is 0.409. The molecule has 1 fully saturated rings. The number of benzene rings is 1. The molecule has 2 aromatic heterocycles. The van der Waals surface area contributed by atoms with Gasteiger partial charge in [0, 0.05) is 26.1 Å². The summed E-state index contributed by atoms with van der Waals surface area (Å²) in [4.78, 5) is 8.23. The predicted molar refractivity (Wildman–Crippen MR) is 131 cm³/mol. The Morgan fingerprint density at radius 1 is 1.14 bits per heavy atom. The third kappa shape index (κ3) is 5.09. The minimum atomic E-state index is -4.10. The molecule has 14 heteroatoms. The number of ether oxygens (including phenoxy) is 4. The number of methoxy groups -OCH3 is 3. The molecule has 0 bridgehead atoms. The van der Waals surface area contributed by atoms with Gasteiger partial charge >= 0.3 is 0 Å². The molecular formula is C22H27ClN6O6S. The molecule has 0 radical (unpaired) electrons. The number of hydrogen-bond donors (Lipinski definition) is 1. The number of halogens is 1. The number of anilines is 1. The molecule has 4 rings (SSSR count). The Morgan fingerprint density at radius 2 is 1.81 bits per heavy atom. The first-order valence-corrected chi connectivity index (χ1v) is 13.0. The Bertz CT molecular complexity index is 1270. The molecule has 3 heterocycles. The molecule has 0 amide bonds. The number of nitrogens with zero attached hydrogens (tertiary/aromatic N) is 5. The van der Waals surface area contributed by atoms with Crippen molar-refractivity contribution in [2.45, 2.75) is 37.2 Å². The Balaban J connectivity index is 1.77. The van der Waals surface area contributed by atoms with Crippen molar-refractivity contribution in [2.75, 3.05) is 32.7 Å². The van der Waals surface area contributed by atoms with Crippen LogP contribution in [0.2, 0.25) is 5.02 Å². The normalized spacial score (nSPS) is 17.5. The van der Waals surface area contributed by atoms with Gasteiger partial charge in [-0.3, -0.25) is 9.29 Å². The Kier molecular flexibility index (Phi) is 7.93. The maximum Gasteiger partial charge on any atom is 0.243 e. The van der Waals surface area contributed by atoms with E-state index in [1.807, 2.05) is 0 Å². The van der Waals surface area contributed by atoms with E-state index in [4.69, 9.17) is 30.5 Å². The molecule has 0 aliphatic carbocycles. The number of para-hydroxylation sites is 1. The van der Waals surface area contributed by atoms with Crippen molar-refractivity contribution < 1.29 is 27.4 Å². The highest BCUT2D eigenvalue weighted by Gasteiger charge is 2.36. The highest BCUT2D eigenvalue weighted by molar-refractivity contribution is 7.93. The summed E-state index contributed by atoms with van der Waals surface area (Å²) in [5, 5.41) is 7.66. The fourth-order valence-electron chi connectivity index (χ4n) is 3.98. The minimum Gasteiger partial charge on any atom is -0.494 e. The van der Waals surface area contributed by atoms with Crippen LogP contribution in [0, 0.1) is 0 Å². The number of hydrogen-bond acceptors (Lipinski definition) is 10. The van der Waals surface area contributed by atoms with Crippen LogP contribution in [0.1, 0.15) is 43.6 Å². The second-order valence-corrected chi connectivity index (χ2v) is 10.5. The van der Waals surface area contributed by atoms with Crippen molar-refractivity contribution in [2.24, 2.45) is 0 Å². The van der Waals surface area contributed by atoms with Gasteiger partial charge in [-0.15, -0.1) is 10.2 Å². The highest BCUT2D eigenvalue weighted by Crippen LogP contribution is 2.39. The van der Waals surface area contributed by atoms with Crippen LogP contribution in [-0.4, -0.2) is 66.3 Å². The molecule has 2 unspecified atom stereocenters. The number of nitrogens with one attached hydrogen (secondary N) is 1. The lowest BCUT2D eigenvalue weighted by Crippen LogP contribution is -2.33. The third-order valence-corrected chi connectivity index (χ3v) is 7.72. The van der Waals surface area contributed by atoms with Crippen LogP contribution in [0.15, 0.2) is 30.6 Å². The number of rotatable bonds is 10. The summed E-state index contributed by atoms with van der Waals surface area (Å²) in [5.41, 5.74) is 0.438. The van der Waals surface area contributed by atoms with Gasteiger partial charge in [0.1, 0.15) is 34.6 Å². The van der Waals surface area contributed by atoms with Crippen molar-refractivity contribution in [3.05, 3.63) is 47.3 Å². The van der Waals surface area contributed by atoms with Crippen molar-refractivity contribution in [1.82, 2.24) is 24.7 Å². The molecule has 3 atom stereocenters. The zero-order valence-electron chi connectivity index (χ0n) is 20.2. The van der Waals surface area contributed by atoms with E-state index < -0.39 is 21.4 Å². The van der Waals surface area contributed by atoms with Gasteiger partial charge in [-0.05, 0) is 31.9 Å². The molecule has 1 N–H and O–H groups in total. The second kappa shape index (κ2) is 10.9. The van der Waals surface area contributed by atoms with Gasteiger partial charge in [0.15, 0.2) is 11.6 Å².